The molecule has 0 amide bonds. The number of ether oxygens (including phenoxy) is 2. The minimum atomic E-state index is 0.218. The van der Waals surface area contributed by atoms with Crippen LogP contribution in [0.1, 0.15) is 17.0 Å². The zero-order valence-electron chi connectivity index (χ0n) is 11.9. The second-order valence-electron chi connectivity index (χ2n) is 5.00. The molecular weight excluding hydrogens is 268 g/mol. The van der Waals surface area contributed by atoms with Gasteiger partial charge in [-0.15, -0.1) is 0 Å². The number of aromatic hydroxyl groups is 1. The molecule has 3 rings (SSSR count). The van der Waals surface area contributed by atoms with E-state index in [0.717, 1.165) is 22.8 Å². The van der Waals surface area contributed by atoms with Crippen molar-refractivity contribution in [3.8, 4) is 17.2 Å². The molecule has 2 aromatic rings. The Balaban J connectivity index is 1.61. The predicted octanol–water partition coefficient (Wildman–Crippen LogP) is 2.16. The van der Waals surface area contributed by atoms with E-state index in [1.807, 2.05) is 25.1 Å². The maximum Gasteiger partial charge on any atom is 0.161 e. The van der Waals surface area contributed by atoms with Crippen LogP contribution in [0.15, 0.2) is 30.3 Å². The van der Waals surface area contributed by atoms with E-state index in [1.54, 1.807) is 12.1 Å². The van der Waals surface area contributed by atoms with E-state index in [9.17, 15) is 5.11 Å². The summed E-state index contributed by atoms with van der Waals surface area (Å²) in [6.07, 6.45) is 0. The van der Waals surface area contributed by atoms with Crippen molar-refractivity contribution in [1.29, 1.82) is 0 Å². The van der Waals surface area contributed by atoms with E-state index in [4.69, 9.17) is 9.47 Å². The van der Waals surface area contributed by atoms with E-state index >= 15 is 0 Å². The van der Waals surface area contributed by atoms with E-state index < -0.39 is 0 Å². The van der Waals surface area contributed by atoms with Gasteiger partial charge in [-0.05, 0) is 36.8 Å². The summed E-state index contributed by atoms with van der Waals surface area (Å²) in [7, 11) is 0. The largest absolute Gasteiger partial charge is 0.506 e. The predicted molar refractivity (Wildman–Crippen MR) is 78.6 cm³/mol. The molecule has 0 spiro atoms. The Morgan fingerprint density at radius 1 is 1.10 bits per heavy atom. The summed E-state index contributed by atoms with van der Waals surface area (Å²) >= 11 is 0. The van der Waals surface area contributed by atoms with Crippen LogP contribution in [0.5, 0.6) is 17.2 Å². The number of rotatable bonds is 4. The molecule has 0 atom stereocenters. The van der Waals surface area contributed by atoms with E-state index in [2.05, 4.69) is 10.3 Å². The number of aromatic nitrogens is 1. The summed E-state index contributed by atoms with van der Waals surface area (Å²) in [5.41, 5.74) is 2.66. The molecule has 0 radical (unpaired) electrons. The fraction of sp³-hybridized carbons (Fsp3) is 0.312. The summed E-state index contributed by atoms with van der Waals surface area (Å²) in [6, 6.07) is 9.37. The highest BCUT2D eigenvalue weighted by atomic mass is 16.6. The van der Waals surface area contributed by atoms with Gasteiger partial charge in [0.1, 0.15) is 19.0 Å². The first-order valence-electron chi connectivity index (χ1n) is 6.97. The maximum atomic E-state index is 9.75. The van der Waals surface area contributed by atoms with Gasteiger partial charge in [0.05, 0.1) is 5.69 Å². The first-order valence-corrected chi connectivity index (χ1v) is 6.97. The van der Waals surface area contributed by atoms with Crippen molar-refractivity contribution in [1.82, 2.24) is 10.3 Å². The van der Waals surface area contributed by atoms with Crippen LogP contribution in [0.3, 0.4) is 0 Å². The Labute approximate surface area is 123 Å². The van der Waals surface area contributed by atoms with Gasteiger partial charge in [-0.3, -0.25) is 4.98 Å². The number of hydrogen-bond acceptors (Lipinski definition) is 5. The fourth-order valence-electron chi connectivity index (χ4n) is 2.26. The average molecular weight is 286 g/mol. The summed E-state index contributed by atoms with van der Waals surface area (Å²) in [5.74, 6) is 1.80. The van der Waals surface area contributed by atoms with Gasteiger partial charge >= 0.3 is 0 Å². The minimum Gasteiger partial charge on any atom is -0.506 e. The molecule has 2 N–H and O–H groups in total. The van der Waals surface area contributed by atoms with Crippen molar-refractivity contribution in [2.75, 3.05) is 13.2 Å². The van der Waals surface area contributed by atoms with Gasteiger partial charge in [0.2, 0.25) is 0 Å². The van der Waals surface area contributed by atoms with Gasteiger partial charge < -0.3 is 19.9 Å². The third kappa shape index (κ3) is 3.25. The lowest BCUT2D eigenvalue weighted by atomic mass is 10.2. The Kier molecular flexibility index (Phi) is 3.92. The number of benzene rings is 1. The third-order valence-electron chi connectivity index (χ3n) is 3.32. The maximum absolute atomic E-state index is 9.75. The highest BCUT2D eigenvalue weighted by molar-refractivity contribution is 5.43. The number of nitrogens with zero attached hydrogens (tertiary/aromatic N) is 1. The van der Waals surface area contributed by atoms with Crippen LogP contribution in [0.25, 0.3) is 0 Å². The van der Waals surface area contributed by atoms with E-state index in [-0.39, 0.29) is 5.75 Å². The number of pyridine rings is 1. The van der Waals surface area contributed by atoms with Gasteiger partial charge in [0.25, 0.3) is 0 Å². The lowest BCUT2D eigenvalue weighted by Crippen LogP contribution is -2.17. The molecular formula is C16H18N2O3. The van der Waals surface area contributed by atoms with Crippen molar-refractivity contribution in [3.63, 3.8) is 0 Å². The zero-order valence-corrected chi connectivity index (χ0v) is 11.9. The molecule has 5 nitrogen and oxygen atoms in total. The molecule has 5 heteroatoms. The molecule has 110 valence electrons. The number of hydrogen-bond donors (Lipinski definition) is 2. The summed E-state index contributed by atoms with van der Waals surface area (Å²) < 4.78 is 11.1. The van der Waals surface area contributed by atoms with Crippen LogP contribution in [-0.2, 0) is 13.1 Å². The molecule has 0 bridgehead atoms. The SMILES string of the molecule is Cc1ccc(O)c(CNCc2ccc3c(c2)OCCO3)n1. The zero-order chi connectivity index (χ0) is 14.7. The van der Waals surface area contributed by atoms with Gasteiger partial charge in [-0.25, -0.2) is 0 Å². The van der Waals surface area contributed by atoms with Crippen molar-refractivity contribution < 1.29 is 14.6 Å². The van der Waals surface area contributed by atoms with Gasteiger partial charge in [-0.1, -0.05) is 6.07 Å². The number of nitrogens with one attached hydrogen (secondary N) is 1. The number of fused-ring (bicyclic) bond motifs is 1. The van der Waals surface area contributed by atoms with Crippen molar-refractivity contribution in [3.05, 3.63) is 47.3 Å². The molecule has 0 saturated carbocycles. The molecule has 0 fully saturated rings. The van der Waals surface area contributed by atoms with Crippen LogP contribution in [0.4, 0.5) is 0 Å². The highest BCUT2D eigenvalue weighted by Gasteiger charge is 2.11. The molecule has 21 heavy (non-hydrogen) atoms. The standard InChI is InChI=1S/C16H18N2O3/c1-11-2-4-14(19)13(18-11)10-17-9-12-3-5-15-16(8-12)21-7-6-20-15/h2-5,8,17,19H,6-7,9-10H2,1H3. The fourth-order valence-corrected chi connectivity index (χ4v) is 2.26. The molecule has 1 aromatic heterocycles. The van der Waals surface area contributed by atoms with Crippen LogP contribution in [0.2, 0.25) is 0 Å². The third-order valence-corrected chi connectivity index (χ3v) is 3.32. The topological polar surface area (TPSA) is 63.6 Å². The quantitative estimate of drug-likeness (QED) is 0.901. The van der Waals surface area contributed by atoms with Gasteiger partial charge in [-0.2, -0.15) is 0 Å². The second kappa shape index (κ2) is 6.01. The molecule has 2 heterocycles. The summed E-state index contributed by atoms with van der Waals surface area (Å²) in [5, 5.41) is 13.0. The lowest BCUT2D eigenvalue weighted by Gasteiger charge is -2.19. The van der Waals surface area contributed by atoms with Crippen molar-refractivity contribution in [2.45, 2.75) is 20.0 Å². The van der Waals surface area contributed by atoms with Crippen LogP contribution in [0, 0.1) is 6.92 Å². The van der Waals surface area contributed by atoms with Crippen molar-refractivity contribution in [2.24, 2.45) is 0 Å². The Morgan fingerprint density at radius 2 is 1.90 bits per heavy atom. The summed E-state index contributed by atoms with van der Waals surface area (Å²) in [4.78, 5) is 4.32. The van der Waals surface area contributed by atoms with Gasteiger partial charge in [0.15, 0.2) is 11.5 Å². The Morgan fingerprint density at radius 3 is 2.76 bits per heavy atom. The van der Waals surface area contributed by atoms with E-state index in [1.165, 1.54) is 0 Å². The highest BCUT2D eigenvalue weighted by Crippen LogP contribution is 2.30. The molecule has 1 aliphatic rings. The van der Waals surface area contributed by atoms with Crippen LogP contribution >= 0.6 is 0 Å². The Bertz CT molecular complexity index is 643. The molecule has 0 saturated heterocycles. The smallest absolute Gasteiger partial charge is 0.161 e. The molecule has 1 aromatic carbocycles. The number of aryl methyl sites for hydroxylation is 1. The second-order valence-corrected chi connectivity index (χ2v) is 5.00. The molecule has 0 aliphatic carbocycles. The van der Waals surface area contributed by atoms with Crippen LogP contribution in [-0.4, -0.2) is 23.3 Å². The van der Waals surface area contributed by atoms with Gasteiger partial charge in [0, 0.05) is 18.8 Å². The average Bonchev–Trinajstić information content (AvgIpc) is 2.50. The minimum absolute atomic E-state index is 0.218. The first kappa shape index (κ1) is 13.7. The Hall–Kier alpha value is -2.27. The molecule has 0 unspecified atom stereocenters. The first-order chi connectivity index (χ1) is 10.2. The normalized spacial score (nSPS) is 13.2. The summed E-state index contributed by atoms with van der Waals surface area (Å²) in [6.45, 7) is 4.28. The van der Waals surface area contributed by atoms with E-state index in [0.29, 0.717) is 32.0 Å². The monoisotopic (exact) mass is 286 g/mol. The van der Waals surface area contributed by atoms with Crippen LogP contribution < -0.4 is 14.8 Å². The molecule has 1 aliphatic heterocycles. The lowest BCUT2D eigenvalue weighted by molar-refractivity contribution is 0.171. The van der Waals surface area contributed by atoms with Crippen molar-refractivity contribution >= 4 is 0 Å².